The van der Waals surface area contributed by atoms with E-state index >= 15 is 0 Å². The van der Waals surface area contributed by atoms with E-state index in [0.29, 0.717) is 0 Å². The molecule has 0 radical (unpaired) electrons. The average molecular weight is 214 g/mol. The minimum absolute atomic E-state index is 0.285. The van der Waals surface area contributed by atoms with E-state index in [0.717, 1.165) is 45.6 Å². The van der Waals surface area contributed by atoms with E-state index in [1.807, 2.05) is 0 Å². The lowest BCUT2D eigenvalue weighted by atomic mass is 9.80. The highest BCUT2D eigenvalue weighted by molar-refractivity contribution is 4.89. The first kappa shape index (κ1) is 11.3. The maximum Gasteiger partial charge on any atom is 0.0826 e. The number of nitrogens with zero attached hydrogens (tertiary/aromatic N) is 1. The first-order valence-corrected chi connectivity index (χ1v) is 5.91. The van der Waals surface area contributed by atoms with Crippen LogP contribution in [0.4, 0.5) is 0 Å². The molecular formula is C11H22N2O2. The van der Waals surface area contributed by atoms with Crippen molar-refractivity contribution in [2.24, 2.45) is 0 Å². The first-order chi connectivity index (χ1) is 7.18. The van der Waals surface area contributed by atoms with Gasteiger partial charge in [-0.05, 0) is 26.3 Å². The molecule has 2 fully saturated rings. The lowest BCUT2D eigenvalue weighted by Gasteiger charge is -2.37. The third kappa shape index (κ3) is 3.14. The van der Waals surface area contributed by atoms with Crippen molar-refractivity contribution in [3.63, 3.8) is 0 Å². The fraction of sp³-hybridized carbons (Fsp3) is 1.00. The Morgan fingerprint density at radius 2 is 2.33 bits per heavy atom. The SMILES string of the molecule is CN1CCOC(CNCC2(O)CCC2)C1. The molecule has 1 saturated heterocycles. The maximum absolute atomic E-state index is 9.88. The van der Waals surface area contributed by atoms with Gasteiger partial charge in [0.2, 0.25) is 0 Å². The molecule has 1 atom stereocenters. The third-order valence-corrected chi connectivity index (χ3v) is 3.45. The highest BCUT2D eigenvalue weighted by atomic mass is 16.5. The van der Waals surface area contributed by atoms with E-state index < -0.39 is 5.60 Å². The van der Waals surface area contributed by atoms with Gasteiger partial charge in [-0.1, -0.05) is 0 Å². The van der Waals surface area contributed by atoms with Crippen LogP contribution in [0.15, 0.2) is 0 Å². The summed E-state index contributed by atoms with van der Waals surface area (Å²) in [5.41, 5.74) is -0.416. The fourth-order valence-corrected chi connectivity index (χ4v) is 2.22. The van der Waals surface area contributed by atoms with Gasteiger partial charge in [0.1, 0.15) is 0 Å². The fourth-order valence-electron chi connectivity index (χ4n) is 2.22. The van der Waals surface area contributed by atoms with Crippen molar-refractivity contribution in [3.05, 3.63) is 0 Å². The molecule has 0 aromatic heterocycles. The maximum atomic E-state index is 9.88. The summed E-state index contributed by atoms with van der Waals surface area (Å²) < 4.78 is 5.63. The van der Waals surface area contributed by atoms with E-state index in [1.54, 1.807) is 0 Å². The van der Waals surface area contributed by atoms with Crippen molar-refractivity contribution in [2.45, 2.75) is 31.0 Å². The van der Waals surface area contributed by atoms with Crippen molar-refractivity contribution < 1.29 is 9.84 Å². The number of likely N-dealkylation sites (N-methyl/N-ethyl adjacent to an activating group) is 1. The minimum atomic E-state index is -0.416. The lowest BCUT2D eigenvalue weighted by molar-refractivity contribution is -0.0431. The predicted molar refractivity (Wildman–Crippen MR) is 58.9 cm³/mol. The molecule has 88 valence electrons. The molecule has 1 aliphatic heterocycles. The van der Waals surface area contributed by atoms with Gasteiger partial charge in [0.05, 0.1) is 18.3 Å². The van der Waals surface area contributed by atoms with Gasteiger partial charge in [0, 0.05) is 26.2 Å². The van der Waals surface area contributed by atoms with E-state index in [-0.39, 0.29) is 6.10 Å². The molecule has 0 bridgehead atoms. The van der Waals surface area contributed by atoms with Crippen LogP contribution in [0.5, 0.6) is 0 Å². The van der Waals surface area contributed by atoms with Crippen LogP contribution < -0.4 is 5.32 Å². The van der Waals surface area contributed by atoms with Crippen LogP contribution in [0.1, 0.15) is 19.3 Å². The molecule has 1 aliphatic carbocycles. The molecule has 1 saturated carbocycles. The highest BCUT2D eigenvalue weighted by Crippen LogP contribution is 2.30. The highest BCUT2D eigenvalue weighted by Gasteiger charge is 2.33. The number of hydrogen-bond donors (Lipinski definition) is 2. The summed E-state index contributed by atoms with van der Waals surface area (Å²) >= 11 is 0. The Labute approximate surface area is 91.6 Å². The smallest absolute Gasteiger partial charge is 0.0826 e. The summed E-state index contributed by atoms with van der Waals surface area (Å²) in [5.74, 6) is 0. The van der Waals surface area contributed by atoms with Crippen LogP contribution in [0.2, 0.25) is 0 Å². The lowest BCUT2D eigenvalue weighted by Crippen LogP contribution is -2.50. The number of hydrogen-bond acceptors (Lipinski definition) is 4. The van der Waals surface area contributed by atoms with Gasteiger partial charge in [-0.2, -0.15) is 0 Å². The van der Waals surface area contributed by atoms with Crippen molar-refractivity contribution in [2.75, 3.05) is 39.8 Å². The van der Waals surface area contributed by atoms with Gasteiger partial charge >= 0.3 is 0 Å². The van der Waals surface area contributed by atoms with Crippen molar-refractivity contribution >= 4 is 0 Å². The Kier molecular flexibility index (Phi) is 3.61. The van der Waals surface area contributed by atoms with Crippen molar-refractivity contribution in [1.82, 2.24) is 10.2 Å². The number of morpholine rings is 1. The first-order valence-electron chi connectivity index (χ1n) is 5.91. The van der Waals surface area contributed by atoms with Gasteiger partial charge < -0.3 is 20.1 Å². The van der Waals surface area contributed by atoms with Gasteiger partial charge in [-0.15, -0.1) is 0 Å². The normalized spacial score (nSPS) is 31.2. The molecule has 2 rings (SSSR count). The molecule has 0 amide bonds. The van der Waals surface area contributed by atoms with Gasteiger partial charge in [0.25, 0.3) is 0 Å². The third-order valence-electron chi connectivity index (χ3n) is 3.45. The van der Waals surface area contributed by atoms with Crippen LogP contribution in [-0.2, 0) is 4.74 Å². The standard InChI is InChI=1S/C11H22N2O2/c1-13-5-6-15-10(8-13)7-12-9-11(14)3-2-4-11/h10,12,14H,2-9H2,1H3. The number of nitrogens with one attached hydrogen (secondary N) is 1. The molecule has 15 heavy (non-hydrogen) atoms. The van der Waals surface area contributed by atoms with Crippen LogP contribution in [0, 0.1) is 0 Å². The number of aliphatic hydroxyl groups is 1. The molecule has 0 spiro atoms. The Morgan fingerprint density at radius 1 is 1.53 bits per heavy atom. The van der Waals surface area contributed by atoms with Gasteiger partial charge in [-0.3, -0.25) is 0 Å². The second kappa shape index (κ2) is 4.78. The summed E-state index contributed by atoms with van der Waals surface area (Å²) in [7, 11) is 2.12. The summed E-state index contributed by atoms with van der Waals surface area (Å²) in [6.45, 7) is 4.42. The van der Waals surface area contributed by atoms with Crippen LogP contribution in [-0.4, -0.2) is 61.5 Å². The van der Waals surface area contributed by atoms with E-state index in [1.165, 1.54) is 6.42 Å². The predicted octanol–water partition coefficient (Wildman–Crippen LogP) is -0.178. The Bertz CT molecular complexity index is 207. The Balaban J connectivity index is 1.60. The summed E-state index contributed by atoms with van der Waals surface area (Å²) in [6.07, 6.45) is 3.35. The topological polar surface area (TPSA) is 44.7 Å². The molecule has 0 aromatic carbocycles. The van der Waals surface area contributed by atoms with E-state index in [2.05, 4.69) is 17.3 Å². The van der Waals surface area contributed by atoms with E-state index in [9.17, 15) is 5.11 Å². The quantitative estimate of drug-likeness (QED) is 0.681. The second-order valence-corrected chi connectivity index (χ2v) is 4.96. The molecule has 0 aromatic rings. The summed E-state index contributed by atoms with van der Waals surface area (Å²) in [5, 5.41) is 13.2. The zero-order valence-corrected chi connectivity index (χ0v) is 9.54. The van der Waals surface area contributed by atoms with Gasteiger partial charge in [-0.25, -0.2) is 0 Å². The summed E-state index contributed by atoms with van der Waals surface area (Å²) in [4.78, 5) is 2.29. The summed E-state index contributed by atoms with van der Waals surface area (Å²) in [6, 6.07) is 0. The molecule has 4 nitrogen and oxygen atoms in total. The van der Waals surface area contributed by atoms with Crippen LogP contribution in [0.25, 0.3) is 0 Å². The Morgan fingerprint density at radius 3 is 2.93 bits per heavy atom. The number of rotatable bonds is 4. The molecule has 1 unspecified atom stereocenters. The average Bonchev–Trinajstić information content (AvgIpc) is 2.15. The van der Waals surface area contributed by atoms with Crippen molar-refractivity contribution in [3.8, 4) is 0 Å². The van der Waals surface area contributed by atoms with Crippen LogP contribution in [0.3, 0.4) is 0 Å². The second-order valence-electron chi connectivity index (χ2n) is 4.96. The van der Waals surface area contributed by atoms with Crippen molar-refractivity contribution in [1.29, 1.82) is 0 Å². The van der Waals surface area contributed by atoms with E-state index in [4.69, 9.17) is 4.74 Å². The van der Waals surface area contributed by atoms with Crippen LogP contribution >= 0.6 is 0 Å². The Hall–Kier alpha value is -0.160. The van der Waals surface area contributed by atoms with Gasteiger partial charge in [0.15, 0.2) is 0 Å². The monoisotopic (exact) mass is 214 g/mol. The number of ether oxygens (including phenoxy) is 1. The minimum Gasteiger partial charge on any atom is -0.389 e. The molecule has 2 N–H and O–H groups in total. The molecule has 2 aliphatic rings. The zero-order valence-electron chi connectivity index (χ0n) is 9.54. The molecular weight excluding hydrogens is 192 g/mol. The largest absolute Gasteiger partial charge is 0.389 e. The molecule has 1 heterocycles. The molecule has 4 heteroatoms. The zero-order chi connectivity index (χ0) is 10.7.